The van der Waals surface area contributed by atoms with Gasteiger partial charge in [-0.05, 0) is 25.1 Å². The smallest absolute Gasteiger partial charge is 0.361 e. The van der Waals surface area contributed by atoms with Crippen LogP contribution in [0.3, 0.4) is 0 Å². The van der Waals surface area contributed by atoms with Crippen LogP contribution in [-0.4, -0.2) is 25.5 Å². The monoisotopic (exact) mass is 424 g/mol. The Bertz CT molecular complexity index is 974. The summed E-state index contributed by atoms with van der Waals surface area (Å²) >= 11 is 9.22. The summed E-state index contributed by atoms with van der Waals surface area (Å²) in [5, 5.41) is -0.105. The molecule has 3 rings (SSSR count). The topological polar surface area (TPSA) is 122 Å². The van der Waals surface area contributed by atoms with Crippen LogP contribution in [0, 0.1) is 0 Å². The number of fused-ring (bicyclic) bond motifs is 1. The van der Waals surface area contributed by atoms with Crippen LogP contribution in [0.1, 0.15) is 23.2 Å². The first kappa shape index (κ1) is 17.4. The van der Waals surface area contributed by atoms with Crippen LogP contribution in [0.5, 0.6) is 0 Å². The van der Waals surface area contributed by atoms with Gasteiger partial charge in [-0.1, -0.05) is 27.5 Å². The summed E-state index contributed by atoms with van der Waals surface area (Å²) in [6.45, 7) is 2.62. The van der Waals surface area contributed by atoms with Crippen molar-refractivity contribution in [1.82, 2.24) is 19.5 Å². The number of aryl methyl sites for hydroxylation is 1. The molecule has 2 heterocycles. The molecule has 0 amide bonds. The Balaban J connectivity index is 1.85. The van der Waals surface area contributed by atoms with Crippen molar-refractivity contribution in [3.8, 4) is 0 Å². The number of nitrogens with two attached hydrogens (primary N) is 2. The van der Waals surface area contributed by atoms with Gasteiger partial charge in [0.25, 0.3) is 0 Å². The van der Waals surface area contributed by atoms with Crippen LogP contribution in [0.25, 0.3) is 11.0 Å². The molecule has 0 saturated heterocycles. The summed E-state index contributed by atoms with van der Waals surface area (Å²) in [7, 11) is 0. The molecule has 0 bridgehead atoms. The molecule has 0 aliphatic rings. The van der Waals surface area contributed by atoms with E-state index in [0.717, 1.165) is 15.5 Å². The highest BCUT2D eigenvalue weighted by Gasteiger charge is 2.19. The lowest BCUT2D eigenvalue weighted by Gasteiger charge is -2.08. The molecule has 4 N–H and O–H groups in total. The third kappa shape index (κ3) is 3.38. The van der Waals surface area contributed by atoms with E-state index in [0.29, 0.717) is 12.4 Å². The number of esters is 1. The zero-order chi connectivity index (χ0) is 18.1. The van der Waals surface area contributed by atoms with E-state index in [1.54, 1.807) is 0 Å². The van der Waals surface area contributed by atoms with Crippen molar-refractivity contribution in [1.29, 1.82) is 0 Å². The molecule has 130 valence electrons. The number of imidazole rings is 1. The van der Waals surface area contributed by atoms with Crippen LogP contribution in [-0.2, 0) is 17.9 Å². The minimum Gasteiger partial charge on any atom is -0.453 e. The van der Waals surface area contributed by atoms with E-state index >= 15 is 0 Å². The lowest BCUT2D eigenvalue weighted by atomic mass is 10.3. The molecule has 1 aromatic carbocycles. The third-order valence-corrected chi connectivity index (χ3v) is 4.31. The third-order valence-electron chi connectivity index (χ3n) is 3.54. The average Bonchev–Trinajstić information content (AvgIpc) is 2.92. The molecular formula is C15H14BrClN6O2. The Morgan fingerprint density at radius 2 is 2.04 bits per heavy atom. The molecule has 0 fully saturated rings. The SMILES string of the molecule is CCn1c(COC(=O)c2nc(Cl)c(N)nc2N)nc2ccc(Br)cc21. The number of carbonyl (C=O) groups excluding carboxylic acids is 1. The van der Waals surface area contributed by atoms with Gasteiger partial charge in [-0.2, -0.15) is 0 Å². The molecule has 2 aromatic heterocycles. The van der Waals surface area contributed by atoms with Crippen LogP contribution in [0.15, 0.2) is 22.7 Å². The predicted octanol–water partition coefficient (Wildman–Crippen LogP) is 2.78. The maximum Gasteiger partial charge on any atom is 0.361 e. The van der Waals surface area contributed by atoms with Crippen LogP contribution < -0.4 is 11.5 Å². The maximum absolute atomic E-state index is 12.2. The van der Waals surface area contributed by atoms with Crippen molar-refractivity contribution >= 4 is 56.2 Å². The number of anilines is 2. The first-order valence-electron chi connectivity index (χ1n) is 7.31. The number of aromatic nitrogens is 4. The predicted molar refractivity (Wildman–Crippen MR) is 98.1 cm³/mol. The summed E-state index contributed by atoms with van der Waals surface area (Å²) in [4.78, 5) is 24.3. The minimum atomic E-state index is -0.747. The lowest BCUT2D eigenvalue weighted by molar-refractivity contribution is 0.0453. The molecule has 8 nitrogen and oxygen atoms in total. The van der Waals surface area contributed by atoms with Gasteiger partial charge in [0, 0.05) is 11.0 Å². The summed E-state index contributed by atoms with van der Waals surface area (Å²) in [6.07, 6.45) is 0. The van der Waals surface area contributed by atoms with E-state index in [-0.39, 0.29) is 29.1 Å². The number of ether oxygens (including phenoxy) is 1. The Morgan fingerprint density at radius 3 is 2.76 bits per heavy atom. The first-order chi connectivity index (χ1) is 11.9. The van der Waals surface area contributed by atoms with Crippen molar-refractivity contribution in [3.63, 3.8) is 0 Å². The first-order valence-corrected chi connectivity index (χ1v) is 8.48. The number of halogens is 2. The summed E-state index contributed by atoms with van der Waals surface area (Å²) in [6, 6.07) is 5.75. The van der Waals surface area contributed by atoms with E-state index in [1.165, 1.54) is 0 Å². The molecule has 0 aliphatic carbocycles. The number of nitrogens with zero attached hydrogens (tertiary/aromatic N) is 4. The molecule has 10 heteroatoms. The lowest BCUT2D eigenvalue weighted by Crippen LogP contribution is -2.15. The van der Waals surface area contributed by atoms with Crippen molar-refractivity contribution < 1.29 is 9.53 Å². The van der Waals surface area contributed by atoms with Gasteiger partial charge in [0.2, 0.25) is 0 Å². The fourth-order valence-electron chi connectivity index (χ4n) is 2.40. The highest BCUT2D eigenvalue weighted by molar-refractivity contribution is 9.10. The van der Waals surface area contributed by atoms with Gasteiger partial charge in [-0.25, -0.2) is 19.7 Å². The zero-order valence-corrected chi connectivity index (χ0v) is 15.5. The van der Waals surface area contributed by atoms with E-state index in [2.05, 4.69) is 30.9 Å². The molecule has 3 aromatic rings. The van der Waals surface area contributed by atoms with Crippen molar-refractivity contribution in [3.05, 3.63) is 39.3 Å². The maximum atomic E-state index is 12.2. The highest BCUT2D eigenvalue weighted by atomic mass is 79.9. The molecule has 25 heavy (non-hydrogen) atoms. The Morgan fingerprint density at radius 1 is 1.28 bits per heavy atom. The number of nitrogen functional groups attached to an aromatic ring is 2. The summed E-state index contributed by atoms with van der Waals surface area (Å²) in [5.74, 6) is -0.325. The van der Waals surface area contributed by atoms with Crippen LogP contribution in [0.4, 0.5) is 11.6 Å². The molecular weight excluding hydrogens is 412 g/mol. The molecule has 0 saturated carbocycles. The quantitative estimate of drug-likeness (QED) is 0.616. The zero-order valence-electron chi connectivity index (χ0n) is 13.2. The second-order valence-corrected chi connectivity index (χ2v) is 6.39. The van der Waals surface area contributed by atoms with E-state index in [4.69, 9.17) is 27.8 Å². The van der Waals surface area contributed by atoms with Crippen molar-refractivity contribution in [2.24, 2.45) is 0 Å². The van der Waals surface area contributed by atoms with E-state index in [9.17, 15) is 4.79 Å². The van der Waals surface area contributed by atoms with Crippen LogP contribution >= 0.6 is 27.5 Å². The average molecular weight is 426 g/mol. The minimum absolute atomic E-state index is 0.0396. The Hall–Kier alpha value is -2.39. The van der Waals surface area contributed by atoms with Crippen LogP contribution in [0.2, 0.25) is 5.15 Å². The standard InChI is InChI=1S/C15H14BrClN6O2/c1-2-23-9-5-7(16)3-4-8(9)20-10(23)6-25-15(24)11-13(18)22-14(19)12(17)21-11/h3-5H,2,6H2,1H3,(H4,18,19,22). The van der Waals surface area contributed by atoms with Crippen molar-refractivity contribution in [2.45, 2.75) is 20.1 Å². The van der Waals surface area contributed by atoms with Gasteiger partial charge in [0.1, 0.15) is 12.4 Å². The molecule has 0 atom stereocenters. The number of rotatable bonds is 4. The molecule has 0 unspecified atom stereocenters. The number of hydrogen-bond donors (Lipinski definition) is 2. The molecule has 0 aliphatic heterocycles. The second kappa shape index (κ2) is 6.85. The largest absolute Gasteiger partial charge is 0.453 e. The van der Waals surface area contributed by atoms with Gasteiger partial charge in [-0.3, -0.25) is 0 Å². The number of carbonyl (C=O) groups is 1. The Kier molecular flexibility index (Phi) is 4.78. The fraction of sp³-hybridized carbons (Fsp3) is 0.200. The fourth-order valence-corrected chi connectivity index (χ4v) is 2.87. The molecule has 0 spiro atoms. The van der Waals surface area contributed by atoms with Gasteiger partial charge >= 0.3 is 5.97 Å². The van der Waals surface area contributed by atoms with Gasteiger partial charge in [-0.15, -0.1) is 0 Å². The molecule has 0 radical (unpaired) electrons. The van der Waals surface area contributed by atoms with Gasteiger partial charge in [0.05, 0.1) is 11.0 Å². The summed E-state index contributed by atoms with van der Waals surface area (Å²) in [5.41, 5.74) is 12.7. The van der Waals surface area contributed by atoms with Gasteiger partial charge < -0.3 is 20.8 Å². The van der Waals surface area contributed by atoms with E-state index in [1.807, 2.05) is 29.7 Å². The normalized spacial score (nSPS) is 11.0. The highest BCUT2D eigenvalue weighted by Crippen LogP contribution is 2.22. The van der Waals surface area contributed by atoms with Gasteiger partial charge in [0.15, 0.2) is 22.5 Å². The Labute approximate surface area is 156 Å². The summed E-state index contributed by atoms with van der Waals surface area (Å²) < 4.78 is 8.18. The number of benzene rings is 1. The van der Waals surface area contributed by atoms with Crippen molar-refractivity contribution in [2.75, 3.05) is 11.5 Å². The van der Waals surface area contributed by atoms with E-state index < -0.39 is 5.97 Å². The number of hydrogen-bond acceptors (Lipinski definition) is 7. The second-order valence-electron chi connectivity index (χ2n) is 5.11.